The highest BCUT2D eigenvalue weighted by atomic mass is 16.2. The van der Waals surface area contributed by atoms with Gasteiger partial charge in [0.2, 0.25) is 0 Å². The standard InChI is InChI=1S/C27H27N3O3/c1-4-19(3)21-11-13-22(14-12-21)30-26(32)24(25(31)28-27(30)33)16-23-6-5-15-29(23)17-20-9-7-18(2)8-10-20/h5-16,19H,4,17H2,1-3H3,(H,28,31,33)/b24-16+/t19-/m1/s1. The molecule has 33 heavy (non-hydrogen) atoms. The van der Waals surface area contributed by atoms with Crippen LogP contribution in [0.3, 0.4) is 0 Å². The summed E-state index contributed by atoms with van der Waals surface area (Å²) in [4.78, 5) is 39.3. The number of aromatic nitrogens is 1. The Labute approximate surface area is 193 Å². The van der Waals surface area contributed by atoms with E-state index >= 15 is 0 Å². The summed E-state index contributed by atoms with van der Waals surface area (Å²) < 4.78 is 1.96. The summed E-state index contributed by atoms with van der Waals surface area (Å²) in [7, 11) is 0. The molecule has 3 aromatic rings. The first-order valence-electron chi connectivity index (χ1n) is 11.1. The molecule has 0 aliphatic carbocycles. The number of carbonyl (C=O) groups is 3. The molecule has 0 radical (unpaired) electrons. The lowest BCUT2D eigenvalue weighted by molar-refractivity contribution is -0.122. The Balaban J connectivity index is 1.62. The van der Waals surface area contributed by atoms with Crippen molar-refractivity contribution in [2.75, 3.05) is 4.90 Å². The Hall–Kier alpha value is -3.93. The molecule has 0 bridgehead atoms. The van der Waals surface area contributed by atoms with E-state index in [1.165, 1.54) is 5.56 Å². The number of hydrogen-bond donors (Lipinski definition) is 1. The fourth-order valence-corrected chi connectivity index (χ4v) is 3.82. The van der Waals surface area contributed by atoms with E-state index in [0.29, 0.717) is 23.8 Å². The number of anilines is 1. The van der Waals surface area contributed by atoms with Gasteiger partial charge in [-0.05, 0) is 60.7 Å². The second-order valence-electron chi connectivity index (χ2n) is 8.41. The van der Waals surface area contributed by atoms with Crippen LogP contribution in [0, 0.1) is 6.92 Å². The van der Waals surface area contributed by atoms with Gasteiger partial charge in [-0.25, -0.2) is 9.69 Å². The first kappa shape index (κ1) is 22.3. The number of benzene rings is 2. The molecule has 6 heteroatoms. The van der Waals surface area contributed by atoms with E-state index in [1.807, 2.05) is 66.2 Å². The van der Waals surface area contributed by atoms with Crippen LogP contribution in [-0.2, 0) is 16.1 Å². The summed E-state index contributed by atoms with van der Waals surface area (Å²) in [6.45, 7) is 6.87. The number of amides is 4. The average Bonchev–Trinajstić information content (AvgIpc) is 3.24. The van der Waals surface area contributed by atoms with Crippen LogP contribution < -0.4 is 10.2 Å². The molecule has 0 saturated carbocycles. The van der Waals surface area contributed by atoms with Crippen LogP contribution in [0.4, 0.5) is 10.5 Å². The predicted molar refractivity (Wildman–Crippen MR) is 129 cm³/mol. The van der Waals surface area contributed by atoms with Crippen LogP contribution in [0.2, 0.25) is 0 Å². The van der Waals surface area contributed by atoms with Crippen molar-refractivity contribution in [3.8, 4) is 0 Å². The minimum atomic E-state index is -0.742. The summed E-state index contributed by atoms with van der Waals surface area (Å²) in [5, 5.41) is 2.29. The van der Waals surface area contributed by atoms with E-state index in [9.17, 15) is 14.4 Å². The Morgan fingerprint density at radius 1 is 0.970 bits per heavy atom. The van der Waals surface area contributed by atoms with E-state index in [-0.39, 0.29) is 5.57 Å². The zero-order valence-corrected chi connectivity index (χ0v) is 19.0. The molecule has 0 unspecified atom stereocenters. The molecule has 4 rings (SSSR count). The van der Waals surface area contributed by atoms with Gasteiger partial charge in [0.1, 0.15) is 5.57 Å². The second kappa shape index (κ2) is 9.28. The fourth-order valence-electron chi connectivity index (χ4n) is 3.82. The molecule has 6 nitrogen and oxygen atoms in total. The molecule has 1 aliphatic rings. The SMILES string of the molecule is CC[C@@H](C)c1ccc(N2C(=O)NC(=O)/C(=C\c3cccn3Cc3ccc(C)cc3)C2=O)cc1. The topological polar surface area (TPSA) is 71.4 Å². The number of aryl methyl sites for hydroxylation is 1. The Morgan fingerprint density at radius 2 is 1.67 bits per heavy atom. The number of nitrogens with one attached hydrogen (secondary N) is 1. The third-order valence-corrected chi connectivity index (χ3v) is 6.06. The van der Waals surface area contributed by atoms with E-state index in [1.54, 1.807) is 18.2 Å². The van der Waals surface area contributed by atoms with Crippen molar-refractivity contribution in [3.63, 3.8) is 0 Å². The highest BCUT2D eigenvalue weighted by Crippen LogP contribution is 2.26. The summed E-state index contributed by atoms with van der Waals surface area (Å²) in [6.07, 6.45) is 4.43. The molecule has 1 aromatic heterocycles. The molecule has 1 fully saturated rings. The zero-order valence-electron chi connectivity index (χ0n) is 19.0. The molecule has 168 valence electrons. The van der Waals surface area contributed by atoms with Gasteiger partial charge >= 0.3 is 6.03 Å². The maximum Gasteiger partial charge on any atom is 0.335 e. The van der Waals surface area contributed by atoms with Crippen molar-refractivity contribution < 1.29 is 14.4 Å². The highest BCUT2D eigenvalue weighted by molar-refractivity contribution is 6.39. The van der Waals surface area contributed by atoms with Gasteiger partial charge < -0.3 is 4.57 Å². The number of urea groups is 1. The molecule has 4 amide bonds. The van der Waals surface area contributed by atoms with Crippen molar-refractivity contribution in [2.24, 2.45) is 0 Å². The van der Waals surface area contributed by atoms with Gasteiger partial charge in [-0.3, -0.25) is 14.9 Å². The molecule has 2 heterocycles. The van der Waals surface area contributed by atoms with Gasteiger partial charge in [0, 0.05) is 18.4 Å². The van der Waals surface area contributed by atoms with Crippen LogP contribution in [-0.4, -0.2) is 22.4 Å². The van der Waals surface area contributed by atoms with Gasteiger partial charge in [-0.1, -0.05) is 55.8 Å². The third-order valence-electron chi connectivity index (χ3n) is 6.06. The maximum absolute atomic E-state index is 13.2. The van der Waals surface area contributed by atoms with Gasteiger partial charge in [0.05, 0.1) is 5.69 Å². The predicted octanol–water partition coefficient (Wildman–Crippen LogP) is 5.02. The molecule has 1 aliphatic heterocycles. The van der Waals surface area contributed by atoms with Crippen molar-refractivity contribution in [1.29, 1.82) is 0 Å². The third kappa shape index (κ3) is 4.65. The average molecular weight is 442 g/mol. The molecular formula is C27H27N3O3. The van der Waals surface area contributed by atoms with Crippen LogP contribution in [0.25, 0.3) is 6.08 Å². The summed E-state index contributed by atoms with van der Waals surface area (Å²) in [6, 6.07) is 18.5. The lowest BCUT2D eigenvalue weighted by Gasteiger charge is -2.26. The van der Waals surface area contributed by atoms with E-state index in [0.717, 1.165) is 22.4 Å². The first-order valence-corrected chi connectivity index (χ1v) is 11.1. The Kier molecular flexibility index (Phi) is 6.27. The zero-order chi connectivity index (χ0) is 23.5. The minimum absolute atomic E-state index is 0.0792. The van der Waals surface area contributed by atoms with E-state index < -0.39 is 17.8 Å². The monoisotopic (exact) mass is 441 g/mol. The molecular weight excluding hydrogens is 414 g/mol. The minimum Gasteiger partial charge on any atom is -0.344 e. The number of barbiturate groups is 1. The molecule has 1 saturated heterocycles. The number of imide groups is 2. The van der Waals surface area contributed by atoms with Crippen LogP contribution in [0.15, 0.2) is 72.4 Å². The van der Waals surface area contributed by atoms with Crippen molar-refractivity contribution in [2.45, 2.75) is 39.7 Å². The lowest BCUT2D eigenvalue weighted by Crippen LogP contribution is -2.54. The summed E-state index contributed by atoms with van der Waals surface area (Å²) in [5.74, 6) is -0.952. The van der Waals surface area contributed by atoms with Gasteiger partial charge in [0.25, 0.3) is 11.8 Å². The summed E-state index contributed by atoms with van der Waals surface area (Å²) >= 11 is 0. The van der Waals surface area contributed by atoms with Crippen molar-refractivity contribution in [3.05, 3.63) is 94.8 Å². The number of rotatable bonds is 6. The van der Waals surface area contributed by atoms with E-state index in [4.69, 9.17) is 0 Å². The lowest BCUT2D eigenvalue weighted by atomic mass is 9.98. The Morgan fingerprint density at radius 3 is 2.33 bits per heavy atom. The summed E-state index contributed by atoms with van der Waals surface area (Å²) in [5.41, 5.74) is 4.47. The second-order valence-corrected chi connectivity index (χ2v) is 8.41. The Bertz CT molecular complexity index is 1220. The smallest absolute Gasteiger partial charge is 0.335 e. The van der Waals surface area contributed by atoms with Crippen molar-refractivity contribution >= 4 is 29.6 Å². The molecule has 1 N–H and O–H groups in total. The van der Waals surface area contributed by atoms with E-state index in [2.05, 4.69) is 19.2 Å². The first-order chi connectivity index (χ1) is 15.9. The van der Waals surface area contributed by atoms with Gasteiger partial charge in [-0.2, -0.15) is 0 Å². The van der Waals surface area contributed by atoms with Gasteiger partial charge in [0.15, 0.2) is 0 Å². The van der Waals surface area contributed by atoms with Crippen LogP contribution in [0.5, 0.6) is 0 Å². The van der Waals surface area contributed by atoms with Crippen LogP contribution in [0.1, 0.15) is 48.6 Å². The van der Waals surface area contributed by atoms with Gasteiger partial charge in [-0.15, -0.1) is 0 Å². The fraction of sp³-hybridized carbons (Fsp3) is 0.222. The normalized spacial score (nSPS) is 16.3. The van der Waals surface area contributed by atoms with Crippen LogP contribution >= 0.6 is 0 Å². The number of nitrogens with zero attached hydrogens (tertiary/aromatic N) is 2. The molecule has 0 spiro atoms. The number of carbonyl (C=O) groups excluding carboxylic acids is 3. The maximum atomic E-state index is 13.2. The van der Waals surface area contributed by atoms with Crippen molar-refractivity contribution in [1.82, 2.24) is 9.88 Å². The molecule has 2 aromatic carbocycles. The highest BCUT2D eigenvalue weighted by Gasteiger charge is 2.37. The number of hydrogen-bond acceptors (Lipinski definition) is 3. The largest absolute Gasteiger partial charge is 0.344 e. The molecule has 1 atom stereocenters. The quantitative estimate of drug-likeness (QED) is 0.431.